The maximum atomic E-state index is 12.9. The molecule has 2 heterocycles. The summed E-state index contributed by atoms with van der Waals surface area (Å²) in [6.07, 6.45) is 4.95. The molecule has 0 saturated heterocycles. The van der Waals surface area contributed by atoms with Gasteiger partial charge in [0.25, 0.3) is 5.91 Å². The van der Waals surface area contributed by atoms with Crippen LogP contribution in [0.5, 0.6) is 11.5 Å². The van der Waals surface area contributed by atoms with Gasteiger partial charge < -0.3 is 14.8 Å². The van der Waals surface area contributed by atoms with Crippen molar-refractivity contribution in [2.75, 3.05) is 19.5 Å². The molecule has 1 amide bonds. The van der Waals surface area contributed by atoms with Crippen molar-refractivity contribution in [2.24, 2.45) is 0 Å². The summed E-state index contributed by atoms with van der Waals surface area (Å²) in [6, 6.07) is 15.1. The number of methoxy groups -OCH3 is 2. The fourth-order valence-corrected chi connectivity index (χ4v) is 2.98. The number of amides is 1. The zero-order chi connectivity index (χ0) is 20.2. The third-order valence-corrected chi connectivity index (χ3v) is 4.40. The minimum atomic E-state index is -0.342. The molecule has 4 rings (SSSR count). The van der Waals surface area contributed by atoms with Crippen LogP contribution in [-0.2, 0) is 0 Å². The average Bonchev–Trinajstić information content (AvgIpc) is 3.44. The van der Waals surface area contributed by atoms with E-state index in [4.69, 9.17) is 9.47 Å². The monoisotopic (exact) mass is 389 g/mol. The molecule has 8 nitrogen and oxygen atoms in total. The number of hydrogen-bond donors (Lipinski definition) is 2. The van der Waals surface area contributed by atoms with Gasteiger partial charge >= 0.3 is 0 Å². The number of anilines is 1. The van der Waals surface area contributed by atoms with Crippen LogP contribution < -0.4 is 14.8 Å². The molecule has 2 aromatic heterocycles. The molecule has 0 aliphatic rings. The van der Waals surface area contributed by atoms with Crippen LogP contribution in [0.4, 0.5) is 5.69 Å². The Kier molecular flexibility index (Phi) is 4.98. The molecule has 2 N–H and O–H groups in total. The summed E-state index contributed by atoms with van der Waals surface area (Å²) in [5, 5.41) is 13.9. The number of rotatable bonds is 6. The van der Waals surface area contributed by atoms with Gasteiger partial charge in [-0.2, -0.15) is 10.2 Å². The van der Waals surface area contributed by atoms with Crippen LogP contribution in [-0.4, -0.2) is 40.1 Å². The number of carbonyl (C=O) groups excluding carboxylic acids is 1. The van der Waals surface area contributed by atoms with E-state index >= 15 is 0 Å². The Morgan fingerprint density at radius 2 is 1.86 bits per heavy atom. The summed E-state index contributed by atoms with van der Waals surface area (Å²) in [4.78, 5) is 12.9. The highest BCUT2D eigenvalue weighted by atomic mass is 16.5. The molecule has 0 spiro atoms. The molecular weight excluding hydrogens is 370 g/mol. The average molecular weight is 389 g/mol. The molecule has 2 aromatic carbocycles. The number of para-hydroxylation sites is 1. The third-order valence-electron chi connectivity index (χ3n) is 4.40. The summed E-state index contributed by atoms with van der Waals surface area (Å²) >= 11 is 0. The molecule has 0 bridgehead atoms. The van der Waals surface area contributed by atoms with Gasteiger partial charge in [-0.15, -0.1) is 0 Å². The summed E-state index contributed by atoms with van der Waals surface area (Å²) < 4.78 is 12.4. The predicted molar refractivity (Wildman–Crippen MR) is 109 cm³/mol. The zero-order valence-corrected chi connectivity index (χ0v) is 15.9. The van der Waals surface area contributed by atoms with E-state index in [-0.39, 0.29) is 11.6 Å². The normalized spacial score (nSPS) is 10.6. The fourth-order valence-electron chi connectivity index (χ4n) is 2.98. The van der Waals surface area contributed by atoms with Crippen LogP contribution >= 0.6 is 0 Å². The number of nitrogens with zero attached hydrogens (tertiary/aromatic N) is 3. The first-order chi connectivity index (χ1) is 14.2. The van der Waals surface area contributed by atoms with E-state index in [1.165, 1.54) is 6.20 Å². The van der Waals surface area contributed by atoms with Crippen molar-refractivity contribution in [1.82, 2.24) is 20.0 Å². The quantitative estimate of drug-likeness (QED) is 0.526. The fraction of sp³-hybridized carbons (Fsp3) is 0.0952. The highest BCUT2D eigenvalue weighted by Gasteiger charge is 2.20. The molecule has 29 heavy (non-hydrogen) atoms. The lowest BCUT2D eigenvalue weighted by Gasteiger charge is -2.09. The first-order valence-corrected chi connectivity index (χ1v) is 8.87. The molecule has 0 unspecified atom stereocenters. The first kappa shape index (κ1) is 18.3. The van der Waals surface area contributed by atoms with Crippen molar-refractivity contribution < 1.29 is 14.3 Å². The van der Waals surface area contributed by atoms with Gasteiger partial charge in [0, 0.05) is 18.0 Å². The van der Waals surface area contributed by atoms with Gasteiger partial charge in [0.05, 0.1) is 31.8 Å². The largest absolute Gasteiger partial charge is 0.493 e. The van der Waals surface area contributed by atoms with E-state index in [2.05, 4.69) is 20.6 Å². The molecule has 8 heteroatoms. The van der Waals surface area contributed by atoms with Gasteiger partial charge in [-0.3, -0.25) is 9.89 Å². The Bertz CT molecular complexity index is 1120. The van der Waals surface area contributed by atoms with E-state index < -0.39 is 0 Å². The topological polar surface area (TPSA) is 94.1 Å². The van der Waals surface area contributed by atoms with Gasteiger partial charge in [-0.25, -0.2) is 4.68 Å². The number of nitrogens with one attached hydrogen (secondary N) is 2. The van der Waals surface area contributed by atoms with Crippen LogP contribution in [0.15, 0.2) is 67.1 Å². The van der Waals surface area contributed by atoms with Crippen LogP contribution in [0.25, 0.3) is 16.8 Å². The van der Waals surface area contributed by atoms with Crippen LogP contribution in [0, 0.1) is 0 Å². The predicted octanol–water partition coefficient (Wildman–Crippen LogP) is 3.53. The molecule has 0 aliphatic heterocycles. The van der Waals surface area contributed by atoms with E-state index in [9.17, 15) is 4.79 Å². The molecule has 0 radical (unpaired) electrons. The van der Waals surface area contributed by atoms with Crippen molar-refractivity contribution in [2.45, 2.75) is 0 Å². The molecule has 0 atom stereocenters. The number of aromatic amines is 1. The summed E-state index contributed by atoms with van der Waals surface area (Å²) in [5.74, 6) is 0.834. The second-order valence-electron chi connectivity index (χ2n) is 6.18. The number of benzene rings is 2. The van der Waals surface area contributed by atoms with Crippen LogP contribution in [0.3, 0.4) is 0 Å². The van der Waals surface area contributed by atoms with Crippen LogP contribution in [0.2, 0.25) is 0 Å². The second-order valence-corrected chi connectivity index (χ2v) is 6.18. The minimum absolute atomic E-state index is 0.280. The Morgan fingerprint density at radius 3 is 2.55 bits per heavy atom. The lowest BCUT2D eigenvalue weighted by Crippen LogP contribution is -2.13. The molecule has 0 aliphatic carbocycles. The second kappa shape index (κ2) is 7.89. The van der Waals surface area contributed by atoms with Crippen molar-refractivity contribution in [3.05, 3.63) is 72.8 Å². The highest BCUT2D eigenvalue weighted by Crippen LogP contribution is 2.34. The van der Waals surface area contributed by atoms with Crippen LogP contribution in [0.1, 0.15) is 10.5 Å². The van der Waals surface area contributed by atoms with Gasteiger partial charge in [0.2, 0.25) is 0 Å². The molecule has 146 valence electrons. The first-order valence-electron chi connectivity index (χ1n) is 8.87. The van der Waals surface area contributed by atoms with Gasteiger partial charge in [0.15, 0.2) is 17.2 Å². The number of H-pyrrole nitrogens is 1. The smallest absolute Gasteiger partial charge is 0.276 e. The Labute approximate surface area is 167 Å². The standard InChI is InChI=1S/C21H19N5O3/c1-28-18-9-8-14(10-19(18)29-2)17-13-26(16-6-4-3-5-7-16)25-20(17)21(27)24-15-11-22-23-12-15/h3-13H,1-2H3,(H,22,23)(H,24,27). The SMILES string of the molecule is COc1ccc(-c2cn(-c3ccccc3)nc2C(=O)Nc2cn[nH]c2)cc1OC. The maximum absolute atomic E-state index is 12.9. The summed E-state index contributed by atoms with van der Waals surface area (Å²) in [5.41, 5.74) is 3.12. The minimum Gasteiger partial charge on any atom is -0.493 e. The Morgan fingerprint density at radius 1 is 1.07 bits per heavy atom. The third kappa shape index (κ3) is 3.68. The van der Waals surface area contributed by atoms with Crippen molar-refractivity contribution in [1.29, 1.82) is 0 Å². The van der Waals surface area contributed by atoms with E-state index in [0.717, 1.165) is 11.3 Å². The number of carbonyl (C=O) groups is 1. The highest BCUT2D eigenvalue weighted by molar-refractivity contribution is 6.07. The number of ether oxygens (including phenoxy) is 2. The van der Waals surface area contributed by atoms with Crippen molar-refractivity contribution in [3.8, 4) is 28.3 Å². The van der Waals surface area contributed by atoms with E-state index in [0.29, 0.717) is 22.7 Å². The molecular formula is C21H19N5O3. The Balaban J connectivity index is 1.81. The van der Waals surface area contributed by atoms with Gasteiger partial charge in [-0.1, -0.05) is 24.3 Å². The van der Waals surface area contributed by atoms with Gasteiger partial charge in [0.1, 0.15) is 0 Å². The van der Waals surface area contributed by atoms with Gasteiger partial charge in [-0.05, 0) is 29.8 Å². The summed E-state index contributed by atoms with van der Waals surface area (Å²) in [6.45, 7) is 0. The lowest BCUT2D eigenvalue weighted by atomic mass is 10.1. The summed E-state index contributed by atoms with van der Waals surface area (Å²) in [7, 11) is 3.15. The lowest BCUT2D eigenvalue weighted by molar-refractivity contribution is 0.102. The number of aromatic nitrogens is 4. The maximum Gasteiger partial charge on any atom is 0.276 e. The van der Waals surface area contributed by atoms with Crippen molar-refractivity contribution in [3.63, 3.8) is 0 Å². The molecule has 0 saturated carbocycles. The Hall–Kier alpha value is -4.07. The molecule has 4 aromatic rings. The van der Waals surface area contributed by atoms with E-state index in [1.807, 2.05) is 48.7 Å². The van der Waals surface area contributed by atoms with Crippen molar-refractivity contribution >= 4 is 11.6 Å². The molecule has 0 fully saturated rings. The van der Waals surface area contributed by atoms with E-state index in [1.54, 1.807) is 31.2 Å². The zero-order valence-electron chi connectivity index (χ0n) is 15.9. The number of hydrogen-bond acceptors (Lipinski definition) is 5.